The van der Waals surface area contributed by atoms with Gasteiger partial charge in [-0.05, 0) is 37.8 Å². The average Bonchev–Trinajstić information content (AvgIpc) is 2.36. The van der Waals surface area contributed by atoms with Gasteiger partial charge in [0.05, 0.1) is 0 Å². The Hall–Kier alpha value is -0.650. The highest BCUT2D eigenvalue weighted by Gasteiger charge is 2.32. The van der Waals surface area contributed by atoms with E-state index in [9.17, 15) is 4.79 Å². The van der Waals surface area contributed by atoms with Crippen molar-refractivity contribution in [2.45, 2.75) is 35.3 Å². The fraction of sp³-hybridized carbons (Fsp3) is 0.462. The third-order valence-electron chi connectivity index (χ3n) is 2.78. The molecule has 1 aromatic carbocycles. The van der Waals surface area contributed by atoms with Gasteiger partial charge in [-0.25, -0.2) is 0 Å². The molecule has 100 valence electrons. The van der Waals surface area contributed by atoms with E-state index in [0.717, 1.165) is 5.75 Å². The van der Waals surface area contributed by atoms with Crippen LogP contribution in [-0.2, 0) is 10.5 Å². The number of carboxylic acid groups (broad SMARTS) is 1. The molecular weight excluding hydrogens is 266 g/mol. The van der Waals surface area contributed by atoms with Crippen LogP contribution in [0.1, 0.15) is 19.4 Å². The molecule has 0 aliphatic rings. The molecule has 0 saturated heterocycles. The highest BCUT2D eigenvalue weighted by atomic mass is 32.2. The van der Waals surface area contributed by atoms with Gasteiger partial charge in [-0.3, -0.25) is 4.79 Å². The number of thioether (sulfide) groups is 2. The van der Waals surface area contributed by atoms with Gasteiger partial charge in [0.25, 0.3) is 0 Å². The number of nitrogens with two attached hydrogens (primary N) is 1. The van der Waals surface area contributed by atoms with Crippen LogP contribution in [-0.4, -0.2) is 28.1 Å². The molecule has 1 atom stereocenters. The number of hydrogen-bond acceptors (Lipinski definition) is 4. The Morgan fingerprint density at radius 3 is 2.39 bits per heavy atom. The summed E-state index contributed by atoms with van der Waals surface area (Å²) in [4.78, 5) is 12.1. The van der Waals surface area contributed by atoms with E-state index in [4.69, 9.17) is 10.8 Å². The number of carbonyl (C=O) groups is 1. The third-order valence-corrected chi connectivity index (χ3v) is 5.00. The van der Waals surface area contributed by atoms with Gasteiger partial charge >= 0.3 is 5.97 Å². The second kappa shape index (κ2) is 6.50. The van der Waals surface area contributed by atoms with Crippen LogP contribution < -0.4 is 5.73 Å². The van der Waals surface area contributed by atoms with E-state index in [1.165, 1.54) is 10.5 Å². The molecule has 1 rings (SSSR count). The van der Waals surface area contributed by atoms with Crippen molar-refractivity contribution in [3.63, 3.8) is 0 Å². The Kier molecular flexibility index (Phi) is 5.56. The summed E-state index contributed by atoms with van der Waals surface area (Å²) in [5, 5.41) is 8.94. The van der Waals surface area contributed by atoms with Crippen LogP contribution in [0.2, 0.25) is 0 Å². The van der Waals surface area contributed by atoms with Crippen molar-refractivity contribution in [2.24, 2.45) is 5.73 Å². The van der Waals surface area contributed by atoms with E-state index in [0.29, 0.717) is 0 Å². The Bertz CT molecular complexity index is 404. The van der Waals surface area contributed by atoms with E-state index in [1.54, 1.807) is 23.5 Å². The van der Waals surface area contributed by atoms with Gasteiger partial charge in [-0.2, -0.15) is 0 Å². The van der Waals surface area contributed by atoms with E-state index in [-0.39, 0.29) is 0 Å². The highest BCUT2D eigenvalue weighted by molar-refractivity contribution is 8.00. The maximum Gasteiger partial charge on any atom is 0.321 e. The lowest BCUT2D eigenvalue weighted by Gasteiger charge is -2.28. The predicted octanol–water partition coefficient (Wildman–Crippen LogP) is 2.83. The minimum absolute atomic E-state index is 0.482. The summed E-state index contributed by atoms with van der Waals surface area (Å²) in [6, 6.07) is 7.44. The van der Waals surface area contributed by atoms with Crippen LogP contribution in [0.15, 0.2) is 29.2 Å². The molecule has 0 aliphatic heterocycles. The SMILES string of the molecule is CSc1ccc(CSC(C)(C)[C@@H](N)C(=O)O)cc1. The lowest BCUT2D eigenvalue weighted by molar-refractivity contribution is -0.139. The summed E-state index contributed by atoms with van der Waals surface area (Å²) in [5.74, 6) is -0.187. The van der Waals surface area contributed by atoms with Gasteiger partial charge in [0, 0.05) is 15.4 Å². The first-order valence-corrected chi connectivity index (χ1v) is 7.83. The van der Waals surface area contributed by atoms with Gasteiger partial charge in [0.1, 0.15) is 6.04 Å². The summed E-state index contributed by atoms with van der Waals surface area (Å²) >= 11 is 3.27. The zero-order chi connectivity index (χ0) is 13.8. The molecule has 1 aromatic rings. The van der Waals surface area contributed by atoms with Crippen molar-refractivity contribution >= 4 is 29.5 Å². The molecule has 0 bridgehead atoms. The normalized spacial score (nSPS) is 13.3. The fourth-order valence-electron chi connectivity index (χ4n) is 1.38. The first-order valence-electron chi connectivity index (χ1n) is 5.62. The Labute approximate surface area is 117 Å². The number of benzene rings is 1. The van der Waals surface area contributed by atoms with Crippen LogP contribution in [0, 0.1) is 0 Å². The number of carboxylic acids is 1. The largest absolute Gasteiger partial charge is 0.480 e. The van der Waals surface area contributed by atoms with Crippen molar-refractivity contribution in [1.82, 2.24) is 0 Å². The molecule has 3 N–H and O–H groups in total. The Morgan fingerprint density at radius 2 is 1.94 bits per heavy atom. The molecule has 0 spiro atoms. The van der Waals surface area contributed by atoms with E-state index >= 15 is 0 Å². The van der Waals surface area contributed by atoms with Crippen LogP contribution in [0.5, 0.6) is 0 Å². The number of hydrogen-bond donors (Lipinski definition) is 2. The molecule has 0 fully saturated rings. The van der Waals surface area contributed by atoms with E-state index in [1.807, 2.05) is 20.1 Å². The standard InChI is InChI=1S/C13H19NO2S2/c1-13(2,11(14)12(15)16)18-8-9-4-6-10(17-3)7-5-9/h4-7,11H,8,14H2,1-3H3,(H,15,16)/t11-/m0/s1. The molecule has 0 unspecified atom stereocenters. The summed E-state index contributed by atoms with van der Waals surface area (Å²) in [6.07, 6.45) is 2.04. The molecule has 0 saturated carbocycles. The quantitative estimate of drug-likeness (QED) is 0.787. The van der Waals surface area contributed by atoms with Crippen LogP contribution in [0.25, 0.3) is 0 Å². The van der Waals surface area contributed by atoms with Crippen molar-refractivity contribution in [1.29, 1.82) is 0 Å². The second-order valence-corrected chi connectivity index (χ2v) is 7.07. The van der Waals surface area contributed by atoms with E-state index < -0.39 is 16.8 Å². The molecule has 3 nitrogen and oxygen atoms in total. The zero-order valence-corrected chi connectivity index (χ0v) is 12.5. The first-order chi connectivity index (χ1) is 8.36. The molecule has 0 aromatic heterocycles. The summed E-state index contributed by atoms with van der Waals surface area (Å²) < 4.78 is -0.482. The van der Waals surface area contributed by atoms with Crippen LogP contribution >= 0.6 is 23.5 Å². The topological polar surface area (TPSA) is 63.3 Å². The first kappa shape index (κ1) is 15.4. The Morgan fingerprint density at radius 1 is 1.39 bits per heavy atom. The smallest absolute Gasteiger partial charge is 0.321 e. The van der Waals surface area contributed by atoms with Gasteiger partial charge in [0.15, 0.2) is 0 Å². The molecule has 0 radical (unpaired) electrons. The minimum Gasteiger partial charge on any atom is -0.480 e. The molecule has 5 heteroatoms. The summed E-state index contributed by atoms with van der Waals surface area (Å²) in [5.41, 5.74) is 6.86. The lowest BCUT2D eigenvalue weighted by atomic mass is 10.1. The van der Waals surface area contributed by atoms with Gasteiger partial charge in [-0.1, -0.05) is 12.1 Å². The maximum absolute atomic E-state index is 10.9. The summed E-state index contributed by atoms with van der Waals surface area (Å²) in [7, 11) is 0. The van der Waals surface area contributed by atoms with Crippen molar-refractivity contribution in [3.05, 3.63) is 29.8 Å². The molecule has 0 amide bonds. The molecular formula is C13H19NO2S2. The van der Waals surface area contributed by atoms with Crippen LogP contribution in [0.4, 0.5) is 0 Å². The predicted molar refractivity (Wildman–Crippen MR) is 79.2 cm³/mol. The average molecular weight is 285 g/mol. The monoisotopic (exact) mass is 285 g/mol. The van der Waals surface area contributed by atoms with Gasteiger partial charge in [0.2, 0.25) is 0 Å². The van der Waals surface area contributed by atoms with Crippen molar-refractivity contribution < 1.29 is 9.90 Å². The Balaban J connectivity index is 2.60. The molecule has 0 heterocycles. The second-order valence-electron chi connectivity index (χ2n) is 4.56. The molecule has 18 heavy (non-hydrogen) atoms. The van der Waals surface area contributed by atoms with E-state index in [2.05, 4.69) is 24.3 Å². The zero-order valence-electron chi connectivity index (χ0n) is 10.8. The molecule has 0 aliphatic carbocycles. The van der Waals surface area contributed by atoms with Gasteiger partial charge < -0.3 is 10.8 Å². The maximum atomic E-state index is 10.9. The number of rotatable bonds is 6. The fourth-order valence-corrected chi connectivity index (χ4v) is 2.80. The van der Waals surface area contributed by atoms with Crippen LogP contribution in [0.3, 0.4) is 0 Å². The lowest BCUT2D eigenvalue weighted by Crippen LogP contribution is -2.46. The minimum atomic E-state index is -0.953. The van der Waals surface area contributed by atoms with Crippen molar-refractivity contribution in [2.75, 3.05) is 6.26 Å². The highest BCUT2D eigenvalue weighted by Crippen LogP contribution is 2.31. The van der Waals surface area contributed by atoms with Crippen molar-refractivity contribution in [3.8, 4) is 0 Å². The van der Waals surface area contributed by atoms with Gasteiger partial charge in [-0.15, -0.1) is 23.5 Å². The number of aliphatic carboxylic acids is 1. The third kappa shape index (κ3) is 4.23. The summed E-state index contributed by atoms with van der Waals surface area (Å²) in [6.45, 7) is 3.74.